The molecule has 0 amide bonds. The Labute approximate surface area is 217 Å². The molecule has 12 heteroatoms. The number of rotatable bonds is 9. The quantitative estimate of drug-likeness (QED) is 0.193. The average Bonchev–Trinajstić information content (AvgIpc) is 3.52. The topological polar surface area (TPSA) is 117 Å². The van der Waals surface area contributed by atoms with Crippen LogP contribution in [0.5, 0.6) is 0 Å². The van der Waals surface area contributed by atoms with Gasteiger partial charge < -0.3 is 10.2 Å². The van der Waals surface area contributed by atoms with Gasteiger partial charge in [0.05, 0.1) is 17.7 Å². The number of carbonyl (C=O) groups excluding carboxylic acids is 1. The molecule has 0 unspecified atom stereocenters. The number of benzene rings is 1. The summed E-state index contributed by atoms with van der Waals surface area (Å²) in [6.07, 6.45) is 8.34. The van der Waals surface area contributed by atoms with Gasteiger partial charge in [-0.3, -0.25) is 15.9 Å². The van der Waals surface area contributed by atoms with E-state index in [2.05, 4.69) is 50.5 Å². The van der Waals surface area contributed by atoms with Gasteiger partial charge in [-0.15, -0.1) is 5.53 Å². The molecule has 1 saturated carbocycles. The molecule has 0 atom stereocenters. The fraction of sp³-hybridized carbons (Fsp3) is 0.348. The third kappa shape index (κ3) is 4.74. The number of nitrogens with zero attached hydrogens (tertiary/aromatic N) is 2. The predicted molar refractivity (Wildman–Crippen MR) is 140 cm³/mol. The van der Waals surface area contributed by atoms with E-state index in [1.165, 1.54) is 11.1 Å². The number of methoxy groups -OCH3 is 1. The Kier molecular flexibility index (Phi) is 6.68. The molecule has 35 heavy (non-hydrogen) atoms. The van der Waals surface area contributed by atoms with Crippen LogP contribution in [0, 0.1) is 3.57 Å². The SMILES string of the molecule is COC(=O)C1=CN(CCCCC2=Cc3c(I)c(C4CC4)n(S(=O)(=O)c4ccccc4)c3NN2)NN1. The van der Waals surface area contributed by atoms with Gasteiger partial charge in [0.15, 0.2) is 5.70 Å². The van der Waals surface area contributed by atoms with E-state index in [-0.39, 0.29) is 10.8 Å². The zero-order valence-corrected chi connectivity index (χ0v) is 22.1. The number of unbranched alkanes of at least 4 members (excludes halogenated alkanes) is 1. The average molecular weight is 610 g/mol. The summed E-state index contributed by atoms with van der Waals surface area (Å²) in [7, 11) is -2.39. The molecule has 0 spiro atoms. The Morgan fingerprint density at radius 2 is 1.91 bits per heavy atom. The van der Waals surface area contributed by atoms with Crippen molar-refractivity contribution >= 4 is 50.5 Å². The van der Waals surface area contributed by atoms with E-state index in [0.29, 0.717) is 18.1 Å². The molecule has 2 aromatic rings. The maximum Gasteiger partial charge on any atom is 0.357 e. The van der Waals surface area contributed by atoms with Crippen molar-refractivity contribution in [1.82, 2.24) is 25.4 Å². The number of halogens is 1. The number of carbonyl (C=O) groups is 1. The number of ether oxygens (including phenoxy) is 1. The van der Waals surface area contributed by atoms with Gasteiger partial charge in [-0.2, -0.15) is 0 Å². The van der Waals surface area contributed by atoms with Gasteiger partial charge in [0, 0.05) is 33.5 Å². The lowest BCUT2D eigenvalue weighted by atomic mass is 10.1. The monoisotopic (exact) mass is 610 g/mol. The van der Waals surface area contributed by atoms with E-state index in [1.54, 1.807) is 30.5 Å². The third-order valence-electron chi connectivity index (χ3n) is 6.16. The van der Waals surface area contributed by atoms with Crippen LogP contribution in [0.2, 0.25) is 0 Å². The Morgan fingerprint density at radius 1 is 1.14 bits per heavy atom. The van der Waals surface area contributed by atoms with E-state index in [4.69, 9.17) is 4.74 Å². The predicted octanol–water partition coefficient (Wildman–Crippen LogP) is 2.99. The molecule has 10 nitrogen and oxygen atoms in total. The van der Waals surface area contributed by atoms with Crippen molar-refractivity contribution in [3.63, 3.8) is 0 Å². The highest BCUT2D eigenvalue weighted by atomic mass is 127. The van der Waals surface area contributed by atoms with Crippen LogP contribution in [-0.2, 0) is 19.6 Å². The number of anilines is 1. The Balaban J connectivity index is 1.31. The molecule has 1 fully saturated rings. The van der Waals surface area contributed by atoms with Gasteiger partial charge in [-0.25, -0.2) is 17.2 Å². The van der Waals surface area contributed by atoms with Crippen LogP contribution in [0.4, 0.5) is 5.82 Å². The first kappa shape index (κ1) is 24.0. The van der Waals surface area contributed by atoms with Crippen LogP contribution < -0.4 is 21.8 Å². The molecule has 186 valence electrons. The van der Waals surface area contributed by atoms with Gasteiger partial charge in [0.25, 0.3) is 10.0 Å². The number of fused-ring (bicyclic) bond motifs is 1. The second kappa shape index (κ2) is 9.74. The number of hydrogen-bond acceptors (Lipinski definition) is 9. The van der Waals surface area contributed by atoms with Gasteiger partial charge in [-0.05, 0) is 72.9 Å². The van der Waals surface area contributed by atoms with Crippen molar-refractivity contribution in [2.75, 3.05) is 19.1 Å². The van der Waals surface area contributed by atoms with Crippen LogP contribution in [0.25, 0.3) is 6.08 Å². The fourth-order valence-corrected chi connectivity index (χ4v) is 7.08. The Hall–Kier alpha value is -2.71. The lowest BCUT2D eigenvalue weighted by Crippen LogP contribution is -2.37. The number of esters is 1. The normalized spacial score (nSPS) is 17.0. The lowest BCUT2D eigenvalue weighted by molar-refractivity contribution is -0.136. The molecule has 1 aromatic heterocycles. The minimum Gasteiger partial charge on any atom is -0.464 e. The lowest BCUT2D eigenvalue weighted by Gasteiger charge is -2.22. The van der Waals surface area contributed by atoms with Gasteiger partial charge >= 0.3 is 5.97 Å². The summed E-state index contributed by atoms with van der Waals surface area (Å²) in [6, 6.07) is 8.57. The molecular weight excluding hydrogens is 583 g/mol. The maximum absolute atomic E-state index is 13.6. The van der Waals surface area contributed by atoms with E-state index in [0.717, 1.165) is 52.6 Å². The summed E-state index contributed by atoms with van der Waals surface area (Å²) in [5.74, 6) is 0.408. The highest BCUT2D eigenvalue weighted by Crippen LogP contribution is 2.48. The molecule has 0 bridgehead atoms. The zero-order valence-electron chi connectivity index (χ0n) is 19.2. The molecule has 3 heterocycles. The summed E-state index contributed by atoms with van der Waals surface area (Å²) < 4.78 is 34.4. The van der Waals surface area contributed by atoms with Crippen molar-refractivity contribution < 1.29 is 17.9 Å². The second-order valence-electron chi connectivity index (χ2n) is 8.66. The van der Waals surface area contributed by atoms with Crippen LogP contribution in [0.15, 0.2) is 52.8 Å². The number of hydrazine groups is 3. The van der Waals surface area contributed by atoms with E-state index < -0.39 is 16.0 Å². The van der Waals surface area contributed by atoms with Crippen molar-refractivity contribution in [2.45, 2.75) is 42.9 Å². The molecule has 1 aliphatic carbocycles. The second-order valence-corrected chi connectivity index (χ2v) is 11.5. The van der Waals surface area contributed by atoms with E-state index >= 15 is 0 Å². The molecule has 5 rings (SSSR count). The summed E-state index contributed by atoms with van der Waals surface area (Å²) in [4.78, 5) is 11.8. The summed E-state index contributed by atoms with van der Waals surface area (Å²) in [5, 5.41) is 1.81. The van der Waals surface area contributed by atoms with Crippen molar-refractivity contribution in [3.05, 3.63) is 62.8 Å². The molecule has 2 aliphatic heterocycles. The smallest absolute Gasteiger partial charge is 0.357 e. The Morgan fingerprint density at radius 3 is 2.63 bits per heavy atom. The molecule has 0 saturated heterocycles. The zero-order chi connectivity index (χ0) is 24.6. The Bertz CT molecular complexity index is 1300. The van der Waals surface area contributed by atoms with Crippen LogP contribution >= 0.6 is 22.6 Å². The largest absolute Gasteiger partial charge is 0.464 e. The molecule has 3 aliphatic rings. The summed E-state index contributed by atoms with van der Waals surface area (Å²) >= 11 is 2.29. The van der Waals surface area contributed by atoms with Gasteiger partial charge in [0.2, 0.25) is 0 Å². The molecule has 0 radical (unpaired) electrons. The van der Waals surface area contributed by atoms with Crippen LogP contribution in [0.1, 0.15) is 49.3 Å². The van der Waals surface area contributed by atoms with Crippen molar-refractivity contribution in [2.24, 2.45) is 0 Å². The number of hydrogen-bond donors (Lipinski definition) is 4. The van der Waals surface area contributed by atoms with Crippen LogP contribution in [-0.4, -0.2) is 37.0 Å². The minimum atomic E-state index is -3.73. The first-order chi connectivity index (χ1) is 16.9. The first-order valence-corrected chi connectivity index (χ1v) is 14.0. The van der Waals surface area contributed by atoms with E-state index in [1.807, 2.05) is 11.1 Å². The first-order valence-electron chi connectivity index (χ1n) is 11.5. The maximum atomic E-state index is 13.6. The molecule has 4 N–H and O–H groups in total. The van der Waals surface area contributed by atoms with Crippen molar-refractivity contribution in [1.29, 1.82) is 0 Å². The van der Waals surface area contributed by atoms with Gasteiger partial charge in [-0.1, -0.05) is 18.2 Å². The fourth-order valence-electron chi connectivity index (χ4n) is 4.23. The minimum absolute atomic E-state index is 0.258. The highest BCUT2D eigenvalue weighted by Gasteiger charge is 2.38. The standard InChI is InChI=1S/C23H27IN6O4S/c1-34-23(31)19-14-29(28-26-19)12-6-5-7-16-13-18-20(24)21(15-10-11-15)30(22(18)27-25-16)35(32,33)17-8-3-2-4-9-17/h2-4,8-9,13-15,25-28H,5-7,10-12H2,1H3. The molecule has 1 aromatic carbocycles. The number of nitrogens with one attached hydrogen (secondary N) is 4. The molecular formula is C23H27IN6O4S. The van der Waals surface area contributed by atoms with Gasteiger partial charge in [0.1, 0.15) is 5.82 Å². The summed E-state index contributed by atoms with van der Waals surface area (Å²) in [6.45, 7) is 0.717. The third-order valence-corrected chi connectivity index (χ3v) is 9.03. The number of aromatic nitrogens is 1. The van der Waals surface area contributed by atoms with Crippen LogP contribution in [0.3, 0.4) is 0 Å². The highest BCUT2D eigenvalue weighted by molar-refractivity contribution is 14.1. The number of allylic oxidation sites excluding steroid dienone is 1. The summed E-state index contributed by atoms with van der Waals surface area (Å²) in [5.41, 5.74) is 15.2. The van der Waals surface area contributed by atoms with Crippen molar-refractivity contribution in [3.8, 4) is 0 Å². The van der Waals surface area contributed by atoms with E-state index in [9.17, 15) is 13.2 Å².